The van der Waals surface area contributed by atoms with Crippen LogP contribution in [-0.2, 0) is 0 Å². The molecule has 0 fully saturated rings. The van der Waals surface area contributed by atoms with Crippen LogP contribution in [0.2, 0.25) is 0 Å². The van der Waals surface area contributed by atoms with Crippen molar-refractivity contribution >= 4 is 43.6 Å². The van der Waals surface area contributed by atoms with Crippen LogP contribution in [0.15, 0.2) is 134 Å². The fraction of sp³-hybridized carbons (Fsp3) is 0. The first-order chi connectivity index (χ1) is 19.8. The van der Waals surface area contributed by atoms with E-state index in [9.17, 15) is 5.26 Å². The lowest BCUT2D eigenvalue weighted by molar-refractivity contribution is 1.13. The Morgan fingerprint density at radius 3 is 1.50 bits per heavy atom. The quantitative estimate of drug-likeness (QED) is 0.238. The maximum Gasteiger partial charge on any atom is 0.0992 e. The highest BCUT2D eigenvalue weighted by atomic mass is 15.0. The second kappa shape index (κ2) is 8.69. The van der Waals surface area contributed by atoms with Crippen LogP contribution in [0.4, 0.5) is 0 Å². The molecule has 8 rings (SSSR count). The smallest absolute Gasteiger partial charge is 0.0992 e. The van der Waals surface area contributed by atoms with Crippen molar-refractivity contribution in [2.24, 2.45) is 0 Å². The van der Waals surface area contributed by atoms with Crippen molar-refractivity contribution in [3.8, 4) is 28.7 Å². The van der Waals surface area contributed by atoms with E-state index in [2.05, 4.69) is 124 Å². The van der Waals surface area contributed by atoms with Gasteiger partial charge in [0.15, 0.2) is 0 Å². The van der Waals surface area contributed by atoms with Gasteiger partial charge in [-0.3, -0.25) is 4.98 Å². The van der Waals surface area contributed by atoms with Gasteiger partial charge in [0.2, 0.25) is 0 Å². The van der Waals surface area contributed by atoms with E-state index in [1.807, 2.05) is 24.4 Å². The molecule has 40 heavy (non-hydrogen) atoms. The minimum absolute atomic E-state index is 0.613. The van der Waals surface area contributed by atoms with Gasteiger partial charge in [-0.2, -0.15) is 5.26 Å². The summed E-state index contributed by atoms with van der Waals surface area (Å²) in [6, 6.07) is 46.2. The molecule has 4 nitrogen and oxygen atoms in total. The summed E-state index contributed by atoms with van der Waals surface area (Å²) >= 11 is 0. The van der Waals surface area contributed by atoms with Gasteiger partial charge in [0.25, 0.3) is 0 Å². The monoisotopic (exact) mass is 510 g/mol. The number of fused-ring (bicyclic) bond motifs is 6. The lowest BCUT2D eigenvalue weighted by Crippen LogP contribution is -2.00. The number of benzene rings is 5. The topological polar surface area (TPSA) is 46.5 Å². The van der Waals surface area contributed by atoms with Crippen LogP contribution in [0.1, 0.15) is 5.56 Å². The first kappa shape index (κ1) is 22.3. The maximum absolute atomic E-state index is 9.79. The first-order valence-corrected chi connectivity index (χ1v) is 13.3. The molecule has 4 heteroatoms. The molecule has 0 aliphatic heterocycles. The molecule has 0 aliphatic rings. The highest BCUT2D eigenvalue weighted by Gasteiger charge is 2.17. The summed E-state index contributed by atoms with van der Waals surface area (Å²) in [7, 11) is 0. The molecule has 3 aromatic heterocycles. The molecule has 0 atom stereocenters. The van der Waals surface area contributed by atoms with Gasteiger partial charge in [-0.05, 0) is 54.6 Å². The Bertz CT molecular complexity index is 2170. The van der Waals surface area contributed by atoms with Gasteiger partial charge >= 0.3 is 0 Å². The molecule has 0 unspecified atom stereocenters. The summed E-state index contributed by atoms with van der Waals surface area (Å²) in [5, 5.41) is 14.6. The highest BCUT2D eigenvalue weighted by molar-refractivity contribution is 6.10. The predicted octanol–water partition coefficient (Wildman–Crippen LogP) is 8.81. The normalized spacial score (nSPS) is 11.5. The molecular weight excluding hydrogens is 488 g/mol. The van der Waals surface area contributed by atoms with Gasteiger partial charge in [0.05, 0.1) is 57.0 Å². The third-order valence-corrected chi connectivity index (χ3v) is 7.81. The van der Waals surface area contributed by atoms with Crippen molar-refractivity contribution in [1.29, 1.82) is 5.26 Å². The fourth-order valence-corrected chi connectivity index (χ4v) is 6.06. The van der Waals surface area contributed by atoms with Crippen LogP contribution in [0, 0.1) is 11.3 Å². The van der Waals surface area contributed by atoms with Crippen LogP contribution < -0.4 is 0 Å². The third-order valence-electron chi connectivity index (χ3n) is 7.81. The Balaban J connectivity index is 1.34. The summed E-state index contributed by atoms with van der Waals surface area (Å²) in [6.07, 6.45) is 1.95. The van der Waals surface area contributed by atoms with Crippen molar-refractivity contribution in [1.82, 2.24) is 14.1 Å². The predicted molar refractivity (Wildman–Crippen MR) is 163 cm³/mol. The molecular formula is C36H22N4. The van der Waals surface area contributed by atoms with Gasteiger partial charge in [-0.15, -0.1) is 0 Å². The number of nitriles is 1. The minimum atomic E-state index is 0.613. The SMILES string of the molecule is N#Cc1ccc(-c2ccc(-n3c4ccccc4c4ccccc43)cn2)c(-n2c3ccccc3c3ccccc32)c1. The van der Waals surface area contributed by atoms with E-state index in [-0.39, 0.29) is 0 Å². The van der Waals surface area contributed by atoms with E-state index in [1.165, 1.54) is 21.5 Å². The Labute approximate surface area is 230 Å². The molecule has 0 saturated heterocycles. The Morgan fingerprint density at radius 2 is 1.02 bits per heavy atom. The van der Waals surface area contributed by atoms with E-state index in [0.29, 0.717) is 5.56 Å². The average molecular weight is 511 g/mol. The lowest BCUT2D eigenvalue weighted by Gasteiger charge is -2.15. The van der Waals surface area contributed by atoms with Crippen LogP contribution in [0.3, 0.4) is 0 Å². The van der Waals surface area contributed by atoms with E-state index in [4.69, 9.17) is 4.98 Å². The summed E-state index contributed by atoms with van der Waals surface area (Å²) in [5.41, 5.74) is 8.89. The Morgan fingerprint density at radius 1 is 0.525 bits per heavy atom. The molecule has 8 aromatic rings. The van der Waals surface area contributed by atoms with Gasteiger partial charge in [0, 0.05) is 27.1 Å². The second-order valence-corrected chi connectivity index (χ2v) is 9.98. The molecule has 0 spiro atoms. The van der Waals surface area contributed by atoms with Crippen LogP contribution in [0.5, 0.6) is 0 Å². The largest absolute Gasteiger partial charge is 0.309 e. The zero-order chi connectivity index (χ0) is 26.6. The van der Waals surface area contributed by atoms with Crippen LogP contribution in [-0.4, -0.2) is 14.1 Å². The molecule has 0 saturated carbocycles. The van der Waals surface area contributed by atoms with E-state index < -0.39 is 0 Å². The molecule has 0 radical (unpaired) electrons. The summed E-state index contributed by atoms with van der Waals surface area (Å²) < 4.78 is 4.53. The third kappa shape index (κ3) is 3.22. The van der Waals surface area contributed by atoms with Crippen molar-refractivity contribution in [2.45, 2.75) is 0 Å². The molecule has 0 amide bonds. The Hall–Kier alpha value is -5.66. The zero-order valence-corrected chi connectivity index (χ0v) is 21.5. The highest BCUT2D eigenvalue weighted by Crippen LogP contribution is 2.37. The van der Waals surface area contributed by atoms with Gasteiger partial charge in [0.1, 0.15) is 0 Å². The fourth-order valence-electron chi connectivity index (χ4n) is 6.06. The van der Waals surface area contributed by atoms with E-state index in [1.54, 1.807) is 0 Å². The average Bonchev–Trinajstić information content (AvgIpc) is 3.54. The number of rotatable bonds is 3. The number of pyridine rings is 1. The summed E-state index contributed by atoms with van der Waals surface area (Å²) in [5.74, 6) is 0. The number of hydrogen-bond acceptors (Lipinski definition) is 2. The standard InChI is InChI=1S/C36H22N4/c37-22-24-17-19-30(36(21-24)40-34-15-7-3-11-28(34)29-12-4-8-16-35(29)40)31-20-18-25(23-38-31)39-32-13-5-1-9-26(32)27-10-2-6-14-33(27)39/h1-21,23H. The minimum Gasteiger partial charge on any atom is -0.309 e. The first-order valence-electron chi connectivity index (χ1n) is 13.3. The molecule has 186 valence electrons. The van der Waals surface area contributed by atoms with Crippen LogP contribution >= 0.6 is 0 Å². The molecule has 0 bridgehead atoms. The van der Waals surface area contributed by atoms with Crippen molar-refractivity contribution in [2.75, 3.05) is 0 Å². The van der Waals surface area contributed by atoms with Crippen molar-refractivity contribution in [3.63, 3.8) is 0 Å². The number of nitrogens with zero attached hydrogens (tertiary/aromatic N) is 4. The summed E-state index contributed by atoms with van der Waals surface area (Å²) in [4.78, 5) is 4.99. The van der Waals surface area contributed by atoms with E-state index >= 15 is 0 Å². The van der Waals surface area contributed by atoms with E-state index in [0.717, 1.165) is 44.7 Å². The lowest BCUT2D eigenvalue weighted by atomic mass is 10.0. The number of hydrogen-bond donors (Lipinski definition) is 0. The molecule has 0 N–H and O–H groups in total. The van der Waals surface area contributed by atoms with Gasteiger partial charge < -0.3 is 9.13 Å². The van der Waals surface area contributed by atoms with Crippen LogP contribution in [0.25, 0.3) is 66.2 Å². The van der Waals surface area contributed by atoms with Gasteiger partial charge in [-0.1, -0.05) is 72.8 Å². The molecule has 0 aliphatic carbocycles. The molecule has 3 heterocycles. The number of para-hydroxylation sites is 4. The van der Waals surface area contributed by atoms with Gasteiger partial charge in [-0.25, -0.2) is 0 Å². The van der Waals surface area contributed by atoms with Crippen molar-refractivity contribution in [3.05, 3.63) is 139 Å². The summed E-state index contributed by atoms with van der Waals surface area (Å²) in [6.45, 7) is 0. The Kier molecular flexibility index (Phi) is 4.85. The maximum atomic E-state index is 9.79. The number of aromatic nitrogens is 3. The zero-order valence-electron chi connectivity index (χ0n) is 21.5. The van der Waals surface area contributed by atoms with Crippen molar-refractivity contribution < 1.29 is 0 Å². The second-order valence-electron chi connectivity index (χ2n) is 9.98. The molecule has 5 aromatic carbocycles.